The molecular weight excluding hydrogens is 448 g/mol. The van der Waals surface area contributed by atoms with Gasteiger partial charge >= 0.3 is 0 Å². The van der Waals surface area contributed by atoms with Crippen LogP contribution in [0.2, 0.25) is 0 Å². The van der Waals surface area contributed by atoms with E-state index in [0.717, 1.165) is 30.6 Å². The Labute approximate surface area is 203 Å². The van der Waals surface area contributed by atoms with Gasteiger partial charge in [-0.15, -0.1) is 0 Å². The van der Waals surface area contributed by atoms with Crippen molar-refractivity contribution in [3.05, 3.63) is 58.9 Å². The lowest BCUT2D eigenvalue weighted by Crippen LogP contribution is -2.46. The third-order valence-electron chi connectivity index (χ3n) is 6.38. The van der Waals surface area contributed by atoms with Gasteiger partial charge in [0, 0.05) is 75.6 Å². The fourth-order valence-corrected chi connectivity index (χ4v) is 4.46. The van der Waals surface area contributed by atoms with E-state index in [-0.39, 0.29) is 18.3 Å². The molecule has 5 heterocycles. The minimum atomic E-state index is -0.208. The summed E-state index contributed by atoms with van der Waals surface area (Å²) in [5, 5.41) is 17.8. The van der Waals surface area contributed by atoms with Gasteiger partial charge in [-0.25, -0.2) is 14.6 Å². The van der Waals surface area contributed by atoms with Crippen LogP contribution in [0.5, 0.6) is 0 Å². The van der Waals surface area contributed by atoms with E-state index in [9.17, 15) is 4.79 Å². The van der Waals surface area contributed by atoms with Crippen molar-refractivity contribution in [3.8, 4) is 11.3 Å². The Morgan fingerprint density at radius 1 is 1.14 bits per heavy atom. The van der Waals surface area contributed by atoms with Crippen molar-refractivity contribution in [2.24, 2.45) is 7.05 Å². The maximum Gasteiger partial charge on any atom is 0.266 e. The van der Waals surface area contributed by atoms with Crippen molar-refractivity contribution in [1.29, 1.82) is 0 Å². The number of rotatable bonds is 7. The highest BCUT2D eigenvalue weighted by Crippen LogP contribution is 2.22. The second-order valence-corrected chi connectivity index (χ2v) is 8.86. The molecule has 1 saturated heterocycles. The molecule has 0 unspecified atom stereocenters. The molecule has 184 valence electrons. The van der Waals surface area contributed by atoms with Crippen LogP contribution in [-0.4, -0.2) is 91.6 Å². The highest BCUT2D eigenvalue weighted by Gasteiger charge is 2.24. The van der Waals surface area contributed by atoms with Crippen LogP contribution in [0.1, 0.15) is 12.0 Å². The molecule has 2 aliphatic rings. The third-order valence-corrected chi connectivity index (χ3v) is 6.38. The number of β-amino-alcohol motifs (C(OH)–C–C–N with tert-alkyl or cyclic N) is 1. The summed E-state index contributed by atoms with van der Waals surface area (Å²) in [4.78, 5) is 26.0. The highest BCUT2D eigenvalue weighted by molar-refractivity contribution is 5.65. The lowest BCUT2D eigenvalue weighted by molar-refractivity contribution is 0.0260. The van der Waals surface area contributed by atoms with E-state index in [1.807, 2.05) is 25.6 Å². The topological polar surface area (TPSA) is 114 Å². The first-order valence-electron chi connectivity index (χ1n) is 11.9. The van der Waals surface area contributed by atoms with Gasteiger partial charge < -0.3 is 14.7 Å². The normalized spacial score (nSPS) is 19.1. The SMILES string of the molecule is Cn1cc(-c2ccc(=O)n(C[C@@H]3CN(c4ncc(C5=CCN(CCO)CC5)cn4)CCO3)n2)cn1. The minimum absolute atomic E-state index is 0.169. The minimum Gasteiger partial charge on any atom is -0.395 e. The summed E-state index contributed by atoms with van der Waals surface area (Å²) in [6.07, 6.45) is 10.2. The summed E-state index contributed by atoms with van der Waals surface area (Å²) in [6.45, 7) is 4.77. The van der Waals surface area contributed by atoms with Gasteiger partial charge in [-0.3, -0.25) is 14.4 Å². The van der Waals surface area contributed by atoms with Crippen molar-refractivity contribution < 1.29 is 9.84 Å². The van der Waals surface area contributed by atoms with Crippen LogP contribution in [0, 0.1) is 0 Å². The van der Waals surface area contributed by atoms with E-state index in [2.05, 4.69) is 36.0 Å². The molecule has 0 bridgehead atoms. The van der Waals surface area contributed by atoms with Gasteiger partial charge in [0.25, 0.3) is 5.56 Å². The molecule has 0 amide bonds. The van der Waals surface area contributed by atoms with Crippen molar-refractivity contribution in [1.82, 2.24) is 34.4 Å². The summed E-state index contributed by atoms with van der Waals surface area (Å²) in [5.41, 5.74) is 3.66. The monoisotopic (exact) mass is 478 g/mol. The zero-order valence-corrected chi connectivity index (χ0v) is 19.8. The van der Waals surface area contributed by atoms with Crippen LogP contribution in [-0.2, 0) is 18.3 Å². The number of aryl methyl sites for hydroxylation is 1. The van der Waals surface area contributed by atoms with E-state index < -0.39 is 0 Å². The van der Waals surface area contributed by atoms with E-state index >= 15 is 0 Å². The zero-order valence-electron chi connectivity index (χ0n) is 19.8. The molecule has 0 radical (unpaired) electrons. The predicted molar refractivity (Wildman–Crippen MR) is 131 cm³/mol. The van der Waals surface area contributed by atoms with Crippen LogP contribution < -0.4 is 10.5 Å². The molecule has 0 aromatic carbocycles. The molecule has 3 aromatic heterocycles. The van der Waals surface area contributed by atoms with Crippen LogP contribution in [0.15, 0.2) is 47.8 Å². The lowest BCUT2D eigenvalue weighted by Gasteiger charge is -2.33. The van der Waals surface area contributed by atoms with Crippen molar-refractivity contribution >= 4 is 11.5 Å². The second-order valence-electron chi connectivity index (χ2n) is 8.86. The Morgan fingerprint density at radius 3 is 2.71 bits per heavy atom. The first-order valence-corrected chi connectivity index (χ1v) is 11.9. The van der Waals surface area contributed by atoms with Crippen molar-refractivity contribution in [2.75, 3.05) is 50.8 Å². The molecule has 1 fully saturated rings. The first kappa shape index (κ1) is 23.3. The van der Waals surface area contributed by atoms with E-state index in [0.29, 0.717) is 44.4 Å². The number of ether oxygens (including phenoxy) is 1. The Morgan fingerprint density at radius 2 is 2.00 bits per heavy atom. The largest absolute Gasteiger partial charge is 0.395 e. The predicted octanol–water partition coefficient (Wildman–Crippen LogP) is 0.421. The molecule has 5 rings (SSSR count). The van der Waals surface area contributed by atoms with Crippen LogP contribution in [0.25, 0.3) is 16.8 Å². The van der Waals surface area contributed by atoms with Gasteiger partial charge in [0.15, 0.2) is 0 Å². The second kappa shape index (κ2) is 10.5. The van der Waals surface area contributed by atoms with Gasteiger partial charge in [0.05, 0.1) is 37.8 Å². The number of aliphatic hydroxyl groups is 1. The zero-order chi connectivity index (χ0) is 24.2. The van der Waals surface area contributed by atoms with E-state index in [1.165, 1.54) is 16.3 Å². The highest BCUT2D eigenvalue weighted by atomic mass is 16.5. The van der Waals surface area contributed by atoms with Gasteiger partial charge in [-0.1, -0.05) is 6.08 Å². The van der Waals surface area contributed by atoms with Crippen molar-refractivity contribution in [2.45, 2.75) is 19.1 Å². The summed E-state index contributed by atoms with van der Waals surface area (Å²) >= 11 is 0. The number of hydrogen-bond donors (Lipinski definition) is 1. The molecule has 11 nitrogen and oxygen atoms in total. The first-order chi connectivity index (χ1) is 17.1. The van der Waals surface area contributed by atoms with Gasteiger partial charge in [0.2, 0.25) is 5.95 Å². The molecule has 2 aliphatic heterocycles. The molecular formula is C24H30N8O3. The number of hydrogen-bond acceptors (Lipinski definition) is 9. The summed E-state index contributed by atoms with van der Waals surface area (Å²) < 4.78 is 9.10. The lowest BCUT2D eigenvalue weighted by atomic mass is 10.0. The smallest absolute Gasteiger partial charge is 0.266 e. The van der Waals surface area contributed by atoms with E-state index in [1.54, 1.807) is 16.9 Å². The average molecular weight is 479 g/mol. The number of nitrogens with zero attached hydrogens (tertiary/aromatic N) is 8. The molecule has 1 N–H and O–H groups in total. The number of morpholine rings is 1. The summed E-state index contributed by atoms with van der Waals surface area (Å²) in [7, 11) is 1.84. The quantitative estimate of drug-likeness (QED) is 0.516. The van der Waals surface area contributed by atoms with E-state index in [4.69, 9.17) is 9.84 Å². The fourth-order valence-electron chi connectivity index (χ4n) is 4.46. The molecule has 0 spiro atoms. The Hall–Kier alpha value is -3.41. The number of anilines is 1. The molecule has 3 aromatic rings. The fraction of sp³-hybridized carbons (Fsp3) is 0.458. The molecule has 11 heteroatoms. The Bertz CT molecular complexity index is 1240. The summed E-state index contributed by atoms with van der Waals surface area (Å²) in [5.74, 6) is 0.657. The van der Waals surface area contributed by atoms with Crippen LogP contribution in [0.3, 0.4) is 0 Å². The maximum absolute atomic E-state index is 12.4. The molecule has 0 aliphatic carbocycles. The molecule has 35 heavy (non-hydrogen) atoms. The Kier molecular flexibility index (Phi) is 6.98. The standard InChI is InChI=1S/C24H30N8O3/c1-29-15-20(14-27-29)22-2-3-23(34)32(28-22)17-21-16-31(9-11-35-21)24-25-12-19(13-26-24)18-4-6-30(7-5-18)8-10-33/h2-4,12-15,21,33H,5-11,16-17H2,1H3/t21-/m0/s1. The average Bonchev–Trinajstić information content (AvgIpc) is 3.33. The maximum atomic E-state index is 12.4. The van der Waals surface area contributed by atoms with Gasteiger partial charge in [-0.2, -0.15) is 10.2 Å². The summed E-state index contributed by atoms with van der Waals surface area (Å²) in [6, 6.07) is 3.24. The Balaban J connectivity index is 1.24. The van der Waals surface area contributed by atoms with Crippen LogP contribution in [0.4, 0.5) is 5.95 Å². The number of aliphatic hydroxyl groups excluding tert-OH is 1. The molecule has 0 saturated carbocycles. The number of aromatic nitrogens is 6. The van der Waals surface area contributed by atoms with Crippen LogP contribution >= 0.6 is 0 Å². The van der Waals surface area contributed by atoms with Crippen molar-refractivity contribution in [3.63, 3.8) is 0 Å². The van der Waals surface area contributed by atoms with Gasteiger partial charge in [-0.05, 0) is 18.1 Å². The third kappa shape index (κ3) is 5.47. The van der Waals surface area contributed by atoms with Gasteiger partial charge in [0.1, 0.15) is 0 Å². The molecule has 1 atom stereocenters.